The number of nitrogens with one attached hydrogen (secondary N) is 1. The summed E-state index contributed by atoms with van der Waals surface area (Å²) in [5, 5.41) is 3.39. The van der Waals surface area contributed by atoms with Gasteiger partial charge in [0, 0.05) is 19.0 Å². The van der Waals surface area contributed by atoms with Crippen molar-refractivity contribution >= 4 is 5.78 Å². The molecule has 0 aromatic carbocycles. The first kappa shape index (κ1) is 14.0. The minimum atomic E-state index is 0.365. The van der Waals surface area contributed by atoms with Crippen molar-refractivity contribution in [1.82, 2.24) is 10.2 Å². The maximum atomic E-state index is 12.3. The van der Waals surface area contributed by atoms with Gasteiger partial charge < -0.3 is 5.32 Å². The van der Waals surface area contributed by atoms with Crippen LogP contribution in [0.2, 0.25) is 0 Å². The second-order valence-corrected chi connectivity index (χ2v) is 5.97. The van der Waals surface area contributed by atoms with Crippen molar-refractivity contribution in [3.8, 4) is 0 Å². The Morgan fingerprint density at radius 1 is 1.17 bits per heavy atom. The Labute approximate surface area is 111 Å². The van der Waals surface area contributed by atoms with Crippen LogP contribution in [0, 0.1) is 11.8 Å². The van der Waals surface area contributed by atoms with Crippen molar-refractivity contribution in [2.45, 2.75) is 45.4 Å². The molecule has 0 atom stereocenters. The van der Waals surface area contributed by atoms with Crippen LogP contribution in [0.15, 0.2) is 0 Å². The smallest absolute Gasteiger partial charge is 0.149 e. The monoisotopic (exact) mass is 252 g/mol. The number of carbonyl (C=O) groups excluding carboxylic acids is 1. The van der Waals surface area contributed by atoms with Crippen LogP contribution < -0.4 is 5.32 Å². The number of ketones is 1. The van der Waals surface area contributed by atoms with Crippen LogP contribution in [0.25, 0.3) is 0 Å². The average molecular weight is 252 g/mol. The van der Waals surface area contributed by atoms with Crippen LogP contribution >= 0.6 is 0 Å². The summed E-state index contributed by atoms with van der Waals surface area (Å²) in [7, 11) is 0. The van der Waals surface area contributed by atoms with Gasteiger partial charge in [0.15, 0.2) is 0 Å². The van der Waals surface area contributed by atoms with Crippen molar-refractivity contribution in [1.29, 1.82) is 0 Å². The molecule has 1 aliphatic heterocycles. The third-order valence-electron chi connectivity index (χ3n) is 4.69. The SMILES string of the molecule is CCC1CCC(C(=O)CN2CCCNCC2)CC1. The fourth-order valence-corrected chi connectivity index (χ4v) is 3.30. The fraction of sp³-hybridized carbons (Fsp3) is 0.933. The molecule has 0 bridgehead atoms. The molecule has 104 valence electrons. The van der Waals surface area contributed by atoms with Crippen molar-refractivity contribution < 1.29 is 4.79 Å². The van der Waals surface area contributed by atoms with E-state index in [0.29, 0.717) is 18.2 Å². The summed E-state index contributed by atoms with van der Waals surface area (Å²) in [6.07, 6.45) is 7.30. The first-order chi connectivity index (χ1) is 8.79. The van der Waals surface area contributed by atoms with Gasteiger partial charge in [-0.25, -0.2) is 0 Å². The second-order valence-electron chi connectivity index (χ2n) is 5.97. The van der Waals surface area contributed by atoms with Crippen molar-refractivity contribution in [2.75, 3.05) is 32.7 Å². The zero-order valence-electron chi connectivity index (χ0n) is 11.8. The molecule has 3 heteroatoms. The standard InChI is InChI=1S/C15H28N2O/c1-2-13-4-6-14(7-5-13)15(18)12-17-10-3-8-16-9-11-17/h13-14,16H,2-12H2,1H3. The van der Waals surface area contributed by atoms with E-state index in [1.165, 1.54) is 25.7 Å². The lowest BCUT2D eigenvalue weighted by Crippen LogP contribution is -2.36. The fourth-order valence-electron chi connectivity index (χ4n) is 3.30. The summed E-state index contributed by atoms with van der Waals surface area (Å²) < 4.78 is 0. The van der Waals surface area contributed by atoms with E-state index in [0.717, 1.165) is 44.9 Å². The number of carbonyl (C=O) groups is 1. The molecule has 2 aliphatic rings. The Balaban J connectivity index is 1.74. The summed E-state index contributed by atoms with van der Waals surface area (Å²) in [5.41, 5.74) is 0. The molecule has 1 N–H and O–H groups in total. The van der Waals surface area contributed by atoms with Gasteiger partial charge in [-0.2, -0.15) is 0 Å². The van der Waals surface area contributed by atoms with E-state index in [1.54, 1.807) is 0 Å². The lowest BCUT2D eigenvalue weighted by molar-refractivity contribution is -0.125. The maximum Gasteiger partial charge on any atom is 0.149 e. The molecule has 0 spiro atoms. The van der Waals surface area contributed by atoms with E-state index < -0.39 is 0 Å². The Morgan fingerprint density at radius 2 is 1.94 bits per heavy atom. The lowest BCUT2D eigenvalue weighted by Gasteiger charge is -2.28. The largest absolute Gasteiger partial charge is 0.315 e. The second kappa shape index (κ2) is 7.25. The number of hydrogen-bond donors (Lipinski definition) is 1. The molecule has 0 radical (unpaired) electrons. The average Bonchev–Trinajstić information content (AvgIpc) is 2.67. The molecule has 2 fully saturated rings. The number of nitrogens with zero attached hydrogens (tertiary/aromatic N) is 1. The summed E-state index contributed by atoms with van der Waals surface area (Å²) in [6, 6.07) is 0. The van der Waals surface area contributed by atoms with Gasteiger partial charge in [-0.1, -0.05) is 13.3 Å². The number of rotatable bonds is 4. The minimum Gasteiger partial charge on any atom is -0.315 e. The molecule has 3 nitrogen and oxygen atoms in total. The first-order valence-corrected chi connectivity index (χ1v) is 7.75. The van der Waals surface area contributed by atoms with Gasteiger partial charge in [-0.15, -0.1) is 0 Å². The lowest BCUT2D eigenvalue weighted by atomic mass is 9.79. The van der Waals surface area contributed by atoms with Gasteiger partial charge in [0.05, 0.1) is 6.54 Å². The third-order valence-corrected chi connectivity index (χ3v) is 4.69. The van der Waals surface area contributed by atoms with Crippen LogP contribution in [-0.4, -0.2) is 43.4 Å². The topological polar surface area (TPSA) is 32.3 Å². The Bertz CT molecular complexity index is 251. The van der Waals surface area contributed by atoms with Gasteiger partial charge in [-0.05, 0) is 51.1 Å². The predicted molar refractivity (Wildman–Crippen MR) is 74.7 cm³/mol. The summed E-state index contributed by atoms with van der Waals surface area (Å²) >= 11 is 0. The van der Waals surface area contributed by atoms with Crippen LogP contribution in [0.1, 0.15) is 45.4 Å². The summed E-state index contributed by atoms with van der Waals surface area (Å²) in [6.45, 7) is 7.24. The molecule has 2 rings (SSSR count). The van der Waals surface area contributed by atoms with E-state index in [-0.39, 0.29) is 0 Å². The molecule has 1 saturated carbocycles. The van der Waals surface area contributed by atoms with E-state index in [4.69, 9.17) is 0 Å². The molecule has 1 aliphatic carbocycles. The quantitative estimate of drug-likeness (QED) is 0.831. The van der Waals surface area contributed by atoms with Gasteiger partial charge in [-0.3, -0.25) is 9.69 Å². The van der Waals surface area contributed by atoms with E-state index in [1.807, 2.05) is 0 Å². The summed E-state index contributed by atoms with van der Waals surface area (Å²) in [5.74, 6) is 1.76. The maximum absolute atomic E-state index is 12.3. The van der Waals surface area contributed by atoms with Crippen molar-refractivity contribution in [2.24, 2.45) is 11.8 Å². The van der Waals surface area contributed by atoms with Gasteiger partial charge in [0.25, 0.3) is 0 Å². The number of Topliss-reactive ketones (excluding diaryl/α,β-unsaturated/α-hetero) is 1. The van der Waals surface area contributed by atoms with Crippen LogP contribution in [-0.2, 0) is 4.79 Å². The predicted octanol–water partition coefficient (Wildman–Crippen LogP) is 2.07. The van der Waals surface area contributed by atoms with Gasteiger partial charge in [0.1, 0.15) is 5.78 Å². The molecular weight excluding hydrogens is 224 g/mol. The number of hydrogen-bond acceptors (Lipinski definition) is 3. The molecular formula is C15H28N2O. The third kappa shape index (κ3) is 4.06. The Kier molecular flexibility index (Phi) is 5.64. The minimum absolute atomic E-state index is 0.365. The zero-order chi connectivity index (χ0) is 12.8. The van der Waals surface area contributed by atoms with Crippen LogP contribution in [0.5, 0.6) is 0 Å². The van der Waals surface area contributed by atoms with E-state index in [9.17, 15) is 4.79 Å². The molecule has 0 amide bonds. The van der Waals surface area contributed by atoms with E-state index >= 15 is 0 Å². The first-order valence-electron chi connectivity index (χ1n) is 7.75. The summed E-state index contributed by atoms with van der Waals surface area (Å²) in [4.78, 5) is 14.7. The molecule has 0 aromatic rings. The molecule has 0 unspecified atom stereocenters. The van der Waals surface area contributed by atoms with Crippen molar-refractivity contribution in [3.05, 3.63) is 0 Å². The highest BCUT2D eigenvalue weighted by molar-refractivity contribution is 5.83. The Hall–Kier alpha value is -0.410. The molecule has 18 heavy (non-hydrogen) atoms. The van der Waals surface area contributed by atoms with E-state index in [2.05, 4.69) is 17.1 Å². The van der Waals surface area contributed by atoms with Gasteiger partial charge >= 0.3 is 0 Å². The molecule has 1 saturated heterocycles. The normalized spacial score (nSPS) is 30.9. The van der Waals surface area contributed by atoms with Gasteiger partial charge in [0.2, 0.25) is 0 Å². The highest BCUT2D eigenvalue weighted by Crippen LogP contribution is 2.31. The molecule has 1 heterocycles. The highest BCUT2D eigenvalue weighted by Gasteiger charge is 2.26. The Morgan fingerprint density at radius 3 is 2.67 bits per heavy atom. The van der Waals surface area contributed by atoms with Crippen molar-refractivity contribution in [3.63, 3.8) is 0 Å². The highest BCUT2D eigenvalue weighted by atomic mass is 16.1. The zero-order valence-corrected chi connectivity index (χ0v) is 11.8. The molecule has 0 aromatic heterocycles. The van der Waals surface area contributed by atoms with Crippen LogP contribution in [0.4, 0.5) is 0 Å². The van der Waals surface area contributed by atoms with Crippen LogP contribution in [0.3, 0.4) is 0 Å².